The number of carbonyl (C=O) groups is 1. The third-order valence-electron chi connectivity index (χ3n) is 1.39. The first-order chi connectivity index (χ1) is 5.72. The average Bonchev–Trinajstić information content (AvgIpc) is 2.04. The van der Waals surface area contributed by atoms with Crippen LogP contribution in [0.3, 0.4) is 0 Å². The van der Waals surface area contributed by atoms with Crippen LogP contribution >= 0.6 is 0 Å². The molecule has 0 aliphatic rings. The SMILES string of the molecule is COC(=O)Cc1ccnc(C)n1. The molecule has 0 saturated heterocycles. The summed E-state index contributed by atoms with van der Waals surface area (Å²) in [6.45, 7) is 1.78. The largest absolute Gasteiger partial charge is 0.469 e. The van der Waals surface area contributed by atoms with Crippen molar-refractivity contribution < 1.29 is 9.53 Å². The van der Waals surface area contributed by atoms with Crippen molar-refractivity contribution >= 4 is 5.97 Å². The molecule has 64 valence electrons. The van der Waals surface area contributed by atoms with Gasteiger partial charge in [0.1, 0.15) is 5.82 Å². The fraction of sp³-hybridized carbons (Fsp3) is 0.375. The zero-order valence-corrected chi connectivity index (χ0v) is 7.07. The van der Waals surface area contributed by atoms with E-state index < -0.39 is 0 Å². The summed E-state index contributed by atoms with van der Waals surface area (Å²) >= 11 is 0. The van der Waals surface area contributed by atoms with Gasteiger partial charge in [0, 0.05) is 6.20 Å². The second-order valence-electron chi connectivity index (χ2n) is 2.35. The molecule has 0 aliphatic carbocycles. The fourth-order valence-electron chi connectivity index (χ4n) is 0.824. The van der Waals surface area contributed by atoms with Crippen LogP contribution in [-0.4, -0.2) is 23.0 Å². The molecule has 0 spiro atoms. The molecule has 0 N–H and O–H groups in total. The van der Waals surface area contributed by atoms with Crippen LogP contribution in [0.1, 0.15) is 11.5 Å². The molecular formula is C8H10N2O2. The van der Waals surface area contributed by atoms with Crippen LogP contribution in [-0.2, 0) is 16.0 Å². The lowest BCUT2D eigenvalue weighted by Crippen LogP contribution is -2.06. The Hall–Kier alpha value is -1.45. The van der Waals surface area contributed by atoms with E-state index in [-0.39, 0.29) is 12.4 Å². The first kappa shape index (κ1) is 8.64. The molecule has 0 aliphatic heterocycles. The van der Waals surface area contributed by atoms with Gasteiger partial charge in [0.2, 0.25) is 0 Å². The molecule has 0 amide bonds. The number of hydrogen-bond donors (Lipinski definition) is 0. The van der Waals surface area contributed by atoms with E-state index in [1.165, 1.54) is 7.11 Å². The Morgan fingerprint density at radius 3 is 3.00 bits per heavy atom. The quantitative estimate of drug-likeness (QED) is 0.600. The predicted molar refractivity (Wildman–Crippen MR) is 42.5 cm³/mol. The second kappa shape index (κ2) is 3.80. The van der Waals surface area contributed by atoms with Gasteiger partial charge in [0.15, 0.2) is 0 Å². The van der Waals surface area contributed by atoms with Crippen molar-refractivity contribution in [2.45, 2.75) is 13.3 Å². The molecule has 1 rings (SSSR count). The van der Waals surface area contributed by atoms with Crippen LogP contribution in [0.25, 0.3) is 0 Å². The van der Waals surface area contributed by atoms with Gasteiger partial charge in [-0.3, -0.25) is 4.79 Å². The zero-order valence-electron chi connectivity index (χ0n) is 7.07. The average molecular weight is 166 g/mol. The lowest BCUT2D eigenvalue weighted by molar-refractivity contribution is -0.139. The molecule has 0 atom stereocenters. The minimum absolute atomic E-state index is 0.208. The van der Waals surface area contributed by atoms with E-state index in [9.17, 15) is 4.79 Å². The third kappa shape index (κ3) is 2.30. The fourth-order valence-corrected chi connectivity index (χ4v) is 0.824. The van der Waals surface area contributed by atoms with E-state index >= 15 is 0 Å². The lowest BCUT2D eigenvalue weighted by atomic mass is 10.3. The standard InChI is InChI=1S/C8H10N2O2/c1-6-9-4-3-7(10-6)5-8(11)12-2/h3-4H,5H2,1-2H3. The predicted octanol–water partition coefficient (Wildman–Crippen LogP) is 0.501. The Balaban J connectivity index is 2.69. The number of methoxy groups -OCH3 is 1. The van der Waals surface area contributed by atoms with Gasteiger partial charge in [-0.05, 0) is 13.0 Å². The first-order valence-corrected chi connectivity index (χ1v) is 3.57. The van der Waals surface area contributed by atoms with Crippen LogP contribution in [0.5, 0.6) is 0 Å². The van der Waals surface area contributed by atoms with Crippen molar-refractivity contribution in [1.82, 2.24) is 9.97 Å². The maximum absolute atomic E-state index is 10.8. The molecule has 0 aromatic carbocycles. The monoisotopic (exact) mass is 166 g/mol. The molecule has 1 heterocycles. The van der Waals surface area contributed by atoms with Gasteiger partial charge >= 0.3 is 5.97 Å². The highest BCUT2D eigenvalue weighted by atomic mass is 16.5. The Bertz CT molecular complexity index is 286. The molecular weight excluding hydrogens is 156 g/mol. The minimum Gasteiger partial charge on any atom is -0.469 e. The molecule has 0 fully saturated rings. The van der Waals surface area contributed by atoms with Gasteiger partial charge in [-0.1, -0.05) is 0 Å². The molecule has 0 saturated carbocycles. The number of nitrogens with zero attached hydrogens (tertiary/aromatic N) is 2. The minimum atomic E-state index is -0.284. The number of aryl methyl sites for hydroxylation is 1. The highest BCUT2D eigenvalue weighted by molar-refractivity contribution is 5.71. The van der Waals surface area contributed by atoms with Gasteiger partial charge in [0.25, 0.3) is 0 Å². The normalized spacial score (nSPS) is 9.50. The summed E-state index contributed by atoms with van der Waals surface area (Å²) in [4.78, 5) is 18.8. The number of rotatable bonds is 2. The lowest BCUT2D eigenvalue weighted by Gasteiger charge is -1.98. The zero-order chi connectivity index (χ0) is 8.97. The maximum atomic E-state index is 10.8. The van der Waals surface area contributed by atoms with Crippen molar-refractivity contribution in [3.05, 3.63) is 23.8 Å². The van der Waals surface area contributed by atoms with Crippen molar-refractivity contribution in [3.63, 3.8) is 0 Å². The molecule has 0 bridgehead atoms. The summed E-state index contributed by atoms with van der Waals surface area (Å²) in [7, 11) is 1.36. The van der Waals surface area contributed by atoms with E-state index in [4.69, 9.17) is 0 Å². The summed E-state index contributed by atoms with van der Waals surface area (Å²) < 4.78 is 4.49. The van der Waals surface area contributed by atoms with Gasteiger partial charge < -0.3 is 4.74 Å². The first-order valence-electron chi connectivity index (χ1n) is 3.57. The van der Waals surface area contributed by atoms with Gasteiger partial charge in [0.05, 0.1) is 19.2 Å². The summed E-state index contributed by atoms with van der Waals surface area (Å²) in [6.07, 6.45) is 1.83. The van der Waals surface area contributed by atoms with E-state index in [0.717, 1.165) is 0 Å². The highest BCUT2D eigenvalue weighted by Gasteiger charge is 2.03. The Kier molecular flexibility index (Phi) is 2.74. The number of carbonyl (C=O) groups excluding carboxylic acids is 1. The number of aromatic nitrogens is 2. The molecule has 12 heavy (non-hydrogen) atoms. The maximum Gasteiger partial charge on any atom is 0.311 e. The summed E-state index contributed by atoms with van der Waals surface area (Å²) in [5, 5.41) is 0. The Labute approximate surface area is 70.6 Å². The summed E-state index contributed by atoms with van der Waals surface area (Å²) in [5.74, 6) is 0.379. The van der Waals surface area contributed by atoms with E-state index in [0.29, 0.717) is 11.5 Å². The van der Waals surface area contributed by atoms with Crippen LogP contribution < -0.4 is 0 Å². The molecule has 1 aromatic heterocycles. The van der Waals surface area contributed by atoms with E-state index in [1.807, 2.05) is 0 Å². The van der Waals surface area contributed by atoms with Gasteiger partial charge in [-0.15, -0.1) is 0 Å². The topological polar surface area (TPSA) is 52.1 Å². The Morgan fingerprint density at radius 1 is 1.67 bits per heavy atom. The van der Waals surface area contributed by atoms with Crippen LogP contribution in [0, 0.1) is 6.92 Å². The van der Waals surface area contributed by atoms with Gasteiger partial charge in [-0.25, -0.2) is 9.97 Å². The van der Waals surface area contributed by atoms with Gasteiger partial charge in [-0.2, -0.15) is 0 Å². The van der Waals surface area contributed by atoms with Crippen molar-refractivity contribution in [2.24, 2.45) is 0 Å². The molecule has 4 nitrogen and oxygen atoms in total. The molecule has 4 heteroatoms. The smallest absolute Gasteiger partial charge is 0.311 e. The summed E-state index contributed by atoms with van der Waals surface area (Å²) in [5.41, 5.74) is 0.689. The number of hydrogen-bond acceptors (Lipinski definition) is 4. The Morgan fingerprint density at radius 2 is 2.42 bits per heavy atom. The highest BCUT2D eigenvalue weighted by Crippen LogP contribution is 1.96. The van der Waals surface area contributed by atoms with E-state index in [1.54, 1.807) is 19.2 Å². The van der Waals surface area contributed by atoms with Crippen molar-refractivity contribution in [3.8, 4) is 0 Å². The van der Waals surface area contributed by atoms with Crippen LogP contribution in [0.4, 0.5) is 0 Å². The second-order valence-corrected chi connectivity index (χ2v) is 2.35. The number of esters is 1. The van der Waals surface area contributed by atoms with Crippen LogP contribution in [0.2, 0.25) is 0 Å². The molecule has 0 radical (unpaired) electrons. The molecule has 1 aromatic rings. The summed E-state index contributed by atoms with van der Waals surface area (Å²) in [6, 6.07) is 1.70. The van der Waals surface area contributed by atoms with Crippen molar-refractivity contribution in [1.29, 1.82) is 0 Å². The van der Waals surface area contributed by atoms with Crippen molar-refractivity contribution in [2.75, 3.05) is 7.11 Å². The van der Waals surface area contributed by atoms with E-state index in [2.05, 4.69) is 14.7 Å². The van der Waals surface area contributed by atoms with Crippen LogP contribution in [0.15, 0.2) is 12.3 Å². The number of ether oxygens (including phenoxy) is 1. The third-order valence-corrected chi connectivity index (χ3v) is 1.39. The molecule has 0 unspecified atom stereocenters.